The molecule has 0 aromatic heterocycles. The summed E-state index contributed by atoms with van der Waals surface area (Å²) in [5.41, 5.74) is 5.59. The predicted octanol–water partition coefficient (Wildman–Crippen LogP) is 1.07. The third-order valence-corrected chi connectivity index (χ3v) is 9.39. The molecule has 17 nitrogen and oxygen atoms in total. The van der Waals surface area contributed by atoms with E-state index in [0.29, 0.717) is 51.6 Å². The largest absolute Gasteiger partial charge is 0.504 e. The highest BCUT2D eigenvalue weighted by Gasteiger charge is 2.45. The molecule has 2 aliphatic rings. The molecular formula is C40H65N5O12. The van der Waals surface area contributed by atoms with E-state index >= 15 is 0 Å². The maximum absolute atomic E-state index is 13.3. The summed E-state index contributed by atoms with van der Waals surface area (Å²) in [6.07, 6.45) is -2.77. The summed E-state index contributed by atoms with van der Waals surface area (Å²) in [4.78, 5) is 39.9. The van der Waals surface area contributed by atoms with Gasteiger partial charge in [-0.15, -0.1) is 0 Å². The van der Waals surface area contributed by atoms with Crippen molar-refractivity contribution in [1.82, 2.24) is 14.8 Å². The molecule has 0 aliphatic carbocycles. The van der Waals surface area contributed by atoms with Crippen LogP contribution in [-0.2, 0) is 23.8 Å². The number of hydrogen-bond acceptors (Lipinski definition) is 15. The Hall–Kier alpha value is -3.81. The van der Waals surface area contributed by atoms with Crippen LogP contribution >= 0.6 is 0 Å². The Morgan fingerprint density at radius 3 is 1.96 bits per heavy atom. The van der Waals surface area contributed by atoms with E-state index < -0.39 is 53.9 Å². The highest BCUT2D eigenvalue weighted by atomic mass is 16.7. The first-order valence-electron chi connectivity index (χ1n) is 19.0. The first-order chi connectivity index (χ1) is 26.2. The van der Waals surface area contributed by atoms with E-state index in [9.17, 15) is 39.9 Å². The maximum atomic E-state index is 13.3. The Morgan fingerprint density at radius 1 is 0.860 bits per heavy atom. The molecule has 3 rings (SSSR count). The lowest BCUT2D eigenvalue weighted by Gasteiger charge is -2.39. The van der Waals surface area contributed by atoms with Gasteiger partial charge >= 0.3 is 0 Å². The van der Waals surface area contributed by atoms with Crippen LogP contribution in [-0.4, -0.2) is 148 Å². The van der Waals surface area contributed by atoms with E-state index in [1.807, 2.05) is 55.4 Å². The van der Waals surface area contributed by atoms with Gasteiger partial charge in [-0.3, -0.25) is 19.3 Å². The number of hydrazine groups is 1. The quantitative estimate of drug-likeness (QED) is 0.0522. The van der Waals surface area contributed by atoms with Crippen LogP contribution in [0.3, 0.4) is 0 Å². The standard InChI is InChI=1S/C40H65N5O12/c1-37(2,21-54-24-40(7,8)20-45-30(48)12-13-31(45)49)15-26(41)16-44(42)19-39(5,6)23-55-22-38(3,4)18-43(9)35(53)25-10-11-28(27(47)14-25)56-36-34(52)33(51)32(50)29(17-46)57-36/h10-14,16,29,32-34,36,46-47,50-52H,15,17-24,41-42H2,1-9H3/b26-16-/t29-,32?,33?,34?,36-/m1/s1. The number of rotatable bonds is 21. The van der Waals surface area contributed by atoms with Gasteiger partial charge in [-0.2, -0.15) is 0 Å². The Balaban J connectivity index is 1.44. The number of allylic oxidation sites excluding steroid dienone is 1. The molecule has 0 saturated carbocycles. The molecule has 322 valence electrons. The number of aliphatic hydroxyl groups is 4. The van der Waals surface area contributed by atoms with Crippen molar-refractivity contribution < 1.29 is 58.9 Å². The molecule has 2 heterocycles. The summed E-state index contributed by atoms with van der Waals surface area (Å²) in [5, 5.41) is 51.8. The Bertz CT molecular complexity index is 1590. The number of imide groups is 1. The average molecular weight is 808 g/mol. The number of amides is 3. The molecule has 0 radical (unpaired) electrons. The van der Waals surface area contributed by atoms with Crippen LogP contribution in [0.15, 0.2) is 42.2 Å². The van der Waals surface area contributed by atoms with Crippen LogP contribution in [0.2, 0.25) is 0 Å². The van der Waals surface area contributed by atoms with Gasteiger partial charge in [-0.1, -0.05) is 55.4 Å². The van der Waals surface area contributed by atoms with Crippen molar-refractivity contribution in [3.05, 3.63) is 47.8 Å². The van der Waals surface area contributed by atoms with Crippen LogP contribution in [0, 0.1) is 21.7 Å². The zero-order valence-corrected chi connectivity index (χ0v) is 34.8. The second-order valence-electron chi connectivity index (χ2n) is 18.5. The molecule has 5 atom stereocenters. The van der Waals surface area contributed by atoms with Crippen molar-refractivity contribution >= 4 is 17.7 Å². The van der Waals surface area contributed by atoms with Gasteiger partial charge < -0.3 is 60.1 Å². The van der Waals surface area contributed by atoms with Gasteiger partial charge in [-0.25, -0.2) is 5.84 Å². The number of phenols is 1. The van der Waals surface area contributed by atoms with Gasteiger partial charge in [0.2, 0.25) is 6.29 Å². The van der Waals surface area contributed by atoms with Crippen LogP contribution in [0.4, 0.5) is 0 Å². The van der Waals surface area contributed by atoms with Crippen LogP contribution in [0.5, 0.6) is 11.5 Å². The van der Waals surface area contributed by atoms with Gasteiger partial charge in [0.05, 0.1) is 33.0 Å². The number of carbonyl (C=O) groups excluding carboxylic acids is 3. The minimum atomic E-state index is -1.66. The molecule has 1 saturated heterocycles. The number of ether oxygens (including phenoxy) is 4. The maximum Gasteiger partial charge on any atom is 0.253 e. The third kappa shape index (κ3) is 14.2. The van der Waals surface area contributed by atoms with Crippen molar-refractivity contribution in [3.8, 4) is 11.5 Å². The summed E-state index contributed by atoms with van der Waals surface area (Å²) in [6, 6.07) is 3.97. The summed E-state index contributed by atoms with van der Waals surface area (Å²) in [5.74, 6) is 4.80. The fraction of sp³-hybridized carbons (Fsp3) is 0.675. The van der Waals surface area contributed by atoms with Gasteiger partial charge in [-0.05, 0) is 30.0 Å². The van der Waals surface area contributed by atoms with Gasteiger partial charge in [0.1, 0.15) is 24.4 Å². The van der Waals surface area contributed by atoms with Crippen LogP contribution < -0.4 is 16.3 Å². The molecule has 1 fully saturated rings. The lowest BCUT2D eigenvalue weighted by molar-refractivity contribution is -0.277. The fourth-order valence-corrected chi connectivity index (χ4v) is 6.74. The number of benzene rings is 1. The van der Waals surface area contributed by atoms with E-state index in [-0.39, 0.29) is 46.4 Å². The van der Waals surface area contributed by atoms with Crippen molar-refractivity contribution in [2.75, 3.05) is 59.7 Å². The van der Waals surface area contributed by atoms with E-state index in [0.717, 1.165) is 0 Å². The molecular weight excluding hydrogens is 742 g/mol. The van der Waals surface area contributed by atoms with E-state index in [1.165, 1.54) is 40.2 Å². The molecule has 1 aromatic carbocycles. The Labute approximate surface area is 335 Å². The summed E-state index contributed by atoms with van der Waals surface area (Å²) in [7, 11) is 1.64. The topological polar surface area (TPSA) is 251 Å². The van der Waals surface area contributed by atoms with Gasteiger partial charge in [0, 0.05) is 72.5 Å². The molecule has 2 aliphatic heterocycles. The second-order valence-corrected chi connectivity index (χ2v) is 18.5. The number of aliphatic hydroxyl groups excluding tert-OH is 4. The molecule has 0 spiro atoms. The number of hydrogen-bond donors (Lipinski definition) is 7. The lowest BCUT2D eigenvalue weighted by Crippen LogP contribution is -2.60. The van der Waals surface area contributed by atoms with Crippen molar-refractivity contribution in [3.63, 3.8) is 0 Å². The molecule has 0 bridgehead atoms. The minimum Gasteiger partial charge on any atom is -0.504 e. The lowest BCUT2D eigenvalue weighted by atomic mass is 9.88. The minimum absolute atomic E-state index is 0.138. The number of phenolic OH excluding ortho intramolecular Hbond substituents is 1. The molecule has 9 N–H and O–H groups in total. The molecule has 1 aromatic rings. The smallest absolute Gasteiger partial charge is 0.253 e. The van der Waals surface area contributed by atoms with Crippen molar-refractivity contribution in [2.45, 2.75) is 92.5 Å². The normalized spacial score (nSPS) is 22.3. The third-order valence-electron chi connectivity index (χ3n) is 9.39. The van der Waals surface area contributed by atoms with E-state index in [1.54, 1.807) is 18.3 Å². The SMILES string of the molecule is CN(CC(C)(C)COCC(C)(C)CN(N)/C=C(\N)CC(C)(C)COCC(C)(C)CN1C(=O)C=CC1=O)C(=O)c1ccc(O[C@@H]2O[C@H](CO)C(O)C(O)C2O)c(O)c1. The summed E-state index contributed by atoms with van der Waals surface area (Å²) >= 11 is 0. The first kappa shape index (κ1) is 47.6. The summed E-state index contributed by atoms with van der Waals surface area (Å²) < 4.78 is 23.0. The predicted molar refractivity (Wildman–Crippen MR) is 210 cm³/mol. The highest BCUT2D eigenvalue weighted by molar-refractivity contribution is 6.12. The number of carbonyl (C=O) groups is 3. The molecule has 17 heteroatoms. The van der Waals surface area contributed by atoms with Crippen LogP contribution in [0.1, 0.15) is 72.2 Å². The number of aromatic hydroxyl groups is 1. The Kier molecular flexibility index (Phi) is 16.1. The molecule has 3 unspecified atom stereocenters. The summed E-state index contributed by atoms with van der Waals surface area (Å²) in [6.45, 7) is 17.8. The van der Waals surface area contributed by atoms with Crippen molar-refractivity contribution in [2.24, 2.45) is 33.2 Å². The average Bonchev–Trinajstić information content (AvgIpc) is 3.39. The molecule has 57 heavy (non-hydrogen) atoms. The molecule has 3 amide bonds. The van der Waals surface area contributed by atoms with Crippen LogP contribution in [0.25, 0.3) is 0 Å². The highest BCUT2D eigenvalue weighted by Crippen LogP contribution is 2.32. The zero-order chi connectivity index (χ0) is 43.1. The Morgan fingerprint density at radius 2 is 1.40 bits per heavy atom. The first-order valence-corrected chi connectivity index (χ1v) is 19.0. The van der Waals surface area contributed by atoms with E-state index in [4.69, 9.17) is 30.5 Å². The van der Waals surface area contributed by atoms with Crippen molar-refractivity contribution in [1.29, 1.82) is 0 Å². The van der Waals surface area contributed by atoms with Gasteiger partial charge in [0.15, 0.2) is 11.5 Å². The monoisotopic (exact) mass is 807 g/mol. The van der Waals surface area contributed by atoms with Gasteiger partial charge in [0.25, 0.3) is 17.7 Å². The van der Waals surface area contributed by atoms with E-state index in [2.05, 4.69) is 0 Å². The number of nitrogens with zero attached hydrogens (tertiary/aromatic N) is 3. The number of nitrogens with two attached hydrogens (primary N) is 2. The second kappa shape index (κ2) is 19.3. The zero-order valence-electron chi connectivity index (χ0n) is 34.8. The fourth-order valence-electron chi connectivity index (χ4n) is 6.74.